The van der Waals surface area contributed by atoms with Crippen molar-refractivity contribution in [3.8, 4) is 0 Å². The minimum Gasteiger partial charge on any atom is -0.259 e. The van der Waals surface area contributed by atoms with E-state index in [1.807, 2.05) is 0 Å². The molecule has 0 radical (unpaired) electrons. The van der Waals surface area contributed by atoms with Gasteiger partial charge in [-0.15, -0.1) is 0 Å². The van der Waals surface area contributed by atoms with Gasteiger partial charge in [0.2, 0.25) is 6.20 Å². The Kier molecular flexibility index (Phi) is 2.85. The Hall–Kier alpha value is -1.85. The second-order valence-electron chi connectivity index (χ2n) is 2.39. The van der Waals surface area contributed by atoms with Crippen LogP contribution >= 0.6 is 0 Å². The lowest BCUT2D eigenvalue weighted by atomic mass is 10.2. The van der Waals surface area contributed by atoms with Crippen LogP contribution in [0.4, 0.5) is 13.2 Å². The molecule has 1 aromatic rings. The molecule has 0 N–H and O–H groups in total. The molecule has 1 rings (SSSR count). The van der Waals surface area contributed by atoms with E-state index in [-0.39, 0.29) is 5.56 Å². The fourth-order valence-corrected chi connectivity index (χ4v) is 0.807. The fourth-order valence-electron chi connectivity index (χ4n) is 0.807. The average Bonchev–Trinajstić information content (AvgIpc) is 2.09. The highest BCUT2D eigenvalue weighted by Crippen LogP contribution is 2.14. The molecule has 0 spiro atoms. The van der Waals surface area contributed by atoms with E-state index in [1.165, 1.54) is 0 Å². The summed E-state index contributed by atoms with van der Waals surface area (Å²) in [6.45, 7) is 0. The second-order valence-corrected chi connectivity index (χ2v) is 2.39. The molecule has 0 amide bonds. The van der Waals surface area contributed by atoms with Gasteiger partial charge < -0.3 is 0 Å². The van der Waals surface area contributed by atoms with Crippen LogP contribution in [-0.2, 0) is 0 Å². The van der Waals surface area contributed by atoms with Gasteiger partial charge in [-0.2, -0.15) is 0 Å². The van der Waals surface area contributed by atoms with Crippen molar-refractivity contribution in [3.05, 3.63) is 51.5 Å². The Morgan fingerprint density at radius 2 is 1.71 bits per heavy atom. The predicted octanol–water partition coefficient (Wildman–Crippen LogP) is 2.35. The Labute approximate surface area is 76.6 Å². The molecule has 1 aromatic carbocycles. The normalized spacial score (nSPS) is 10.8. The topological polar surface area (TPSA) is 43.1 Å². The highest BCUT2D eigenvalue weighted by Gasteiger charge is 2.07. The van der Waals surface area contributed by atoms with Crippen molar-refractivity contribution in [2.24, 2.45) is 0 Å². The Bertz CT molecular complexity index is 404. The first kappa shape index (κ1) is 10.2. The lowest BCUT2D eigenvalue weighted by molar-refractivity contribution is -0.400. The van der Waals surface area contributed by atoms with Crippen LogP contribution in [0.1, 0.15) is 5.56 Å². The molecule has 0 bridgehead atoms. The predicted molar refractivity (Wildman–Crippen MR) is 42.3 cm³/mol. The van der Waals surface area contributed by atoms with Crippen molar-refractivity contribution in [2.75, 3.05) is 0 Å². The Morgan fingerprint density at radius 1 is 1.14 bits per heavy atom. The maximum absolute atomic E-state index is 12.8. The first-order chi connectivity index (χ1) is 6.50. The van der Waals surface area contributed by atoms with Crippen LogP contribution in [0.15, 0.2) is 18.3 Å². The van der Waals surface area contributed by atoms with Gasteiger partial charge in [0, 0.05) is 17.7 Å². The lowest BCUT2D eigenvalue weighted by Crippen LogP contribution is -1.91. The van der Waals surface area contributed by atoms with Crippen molar-refractivity contribution in [1.29, 1.82) is 0 Å². The molecule has 0 saturated heterocycles. The van der Waals surface area contributed by atoms with Gasteiger partial charge in [0.05, 0.1) is 4.92 Å². The van der Waals surface area contributed by atoms with Crippen LogP contribution in [0.3, 0.4) is 0 Å². The minimum atomic E-state index is -1.33. The number of halogens is 3. The quantitative estimate of drug-likeness (QED) is 0.420. The fraction of sp³-hybridized carbons (Fsp3) is 0. The number of rotatable bonds is 2. The molecule has 0 aliphatic rings. The largest absolute Gasteiger partial charge is 0.259 e. The lowest BCUT2D eigenvalue weighted by Gasteiger charge is -1.96. The van der Waals surface area contributed by atoms with Crippen LogP contribution in [0.25, 0.3) is 6.08 Å². The summed E-state index contributed by atoms with van der Waals surface area (Å²) in [6, 6.07) is 0.875. The molecule has 74 valence electrons. The van der Waals surface area contributed by atoms with Crippen molar-refractivity contribution in [2.45, 2.75) is 0 Å². The minimum absolute atomic E-state index is 0.328. The van der Waals surface area contributed by atoms with E-state index in [9.17, 15) is 23.3 Å². The van der Waals surface area contributed by atoms with E-state index in [0.717, 1.165) is 6.08 Å². The highest BCUT2D eigenvalue weighted by molar-refractivity contribution is 5.48. The summed E-state index contributed by atoms with van der Waals surface area (Å²) in [7, 11) is 0. The van der Waals surface area contributed by atoms with E-state index in [1.54, 1.807) is 0 Å². The molecule has 0 heterocycles. The van der Waals surface area contributed by atoms with Gasteiger partial charge in [-0.3, -0.25) is 10.1 Å². The second kappa shape index (κ2) is 3.91. The van der Waals surface area contributed by atoms with Gasteiger partial charge in [-0.05, 0) is 6.07 Å². The van der Waals surface area contributed by atoms with E-state index in [2.05, 4.69) is 0 Å². The first-order valence-corrected chi connectivity index (χ1v) is 3.47. The summed E-state index contributed by atoms with van der Waals surface area (Å²) in [5.41, 5.74) is -0.374. The van der Waals surface area contributed by atoms with Crippen LogP contribution in [0.5, 0.6) is 0 Å². The number of nitro groups is 1. The van der Waals surface area contributed by atoms with E-state index >= 15 is 0 Å². The summed E-state index contributed by atoms with van der Waals surface area (Å²) < 4.78 is 37.7. The van der Waals surface area contributed by atoms with E-state index < -0.39 is 22.4 Å². The molecular weight excluding hydrogens is 199 g/mol. The summed E-state index contributed by atoms with van der Waals surface area (Å²) in [4.78, 5) is 9.03. The average molecular weight is 203 g/mol. The van der Waals surface area contributed by atoms with Gasteiger partial charge in [-0.25, -0.2) is 13.2 Å². The monoisotopic (exact) mass is 203 g/mol. The third-order valence-corrected chi connectivity index (χ3v) is 1.42. The molecule has 0 fully saturated rings. The molecule has 0 aliphatic carbocycles. The van der Waals surface area contributed by atoms with Gasteiger partial charge in [-0.1, -0.05) is 0 Å². The standard InChI is InChI=1S/C8H4F3NO2/c9-6-4-8(11)7(10)3-5(6)1-2-12(13)14/h1-4H. The maximum Gasteiger partial charge on any atom is 0.235 e. The zero-order chi connectivity index (χ0) is 10.7. The van der Waals surface area contributed by atoms with Gasteiger partial charge >= 0.3 is 0 Å². The van der Waals surface area contributed by atoms with Crippen LogP contribution in [-0.4, -0.2) is 4.92 Å². The molecule has 0 atom stereocenters. The Balaban J connectivity index is 3.10. The Morgan fingerprint density at radius 3 is 2.29 bits per heavy atom. The van der Waals surface area contributed by atoms with Crippen molar-refractivity contribution < 1.29 is 18.1 Å². The summed E-state index contributed by atoms with van der Waals surface area (Å²) in [5.74, 6) is -3.64. The van der Waals surface area contributed by atoms with Gasteiger partial charge in [0.15, 0.2) is 11.6 Å². The summed E-state index contributed by atoms with van der Waals surface area (Å²) >= 11 is 0. The third kappa shape index (κ3) is 2.32. The summed E-state index contributed by atoms with van der Waals surface area (Å²) in [5, 5.41) is 9.86. The van der Waals surface area contributed by atoms with Gasteiger partial charge in [0.25, 0.3) is 0 Å². The third-order valence-electron chi connectivity index (χ3n) is 1.42. The summed E-state index contributed by atoms with van der Waals surface area (Å²) in [6.07, 6.45) is 1.19. The molecule has 6 heteroatoms. The molecular formula is C8H4F3NO2. The van der Waals surface area contributed by atoms with Crippen molar-refractivity contribution >= 4 is 6.08 Å². The number of benzene rings is 1. The maximum atomic E-state index is 12.8. The number of hydrogen-bond acceptors (Lipinski definition) is 2. The van der Waals surface area contributed by atoms with Crippen LogP contribution in [0.2, 0.25) is 0 Å². The van der Waals surface area contributed by atoms with E-state index in [4.69, 9.17) is 0 Å². The molecule has 14 heavy (non-hydrogen) atoms. The molecule has 0 aliphatic heterocycles. The molecule has 0 saturated carbocycles. The number of hydrogen-bond donors (Lipinski definition) is 0. The van der Waals surface area contributed by atoms with Crippen LogP contribution in [0, 0.1) is 27.6 Å². The molecule has 0 unspecified atom stereocenters. The zero-order valence-electron chi connectivity index (χ0n) is 6.71. The molecule has 0 aromatic heterocycles. The zero-order valence-corrected chi connectivity index (χ0v) is 6.71. The highest BCUT2D eigenvalue weighted by atomic mass is 19.2. The first-order valence-electron chi connectivity index (χ1n) is 3.47. The molecule has 3 nitrogen and oxygen atoms in total. The van der Waals surface area contributed by atoms with Crippen molar-refractivity contribution in [1.82, 2.24) is 0 Å². The number of nitrogens with zero attached hydrogens (tertiary/aromatic N) is 1. The van der Waals surface area contributed by atoms with Gasteiger partial charge in [0.1, 0.15) is 5.82 Å². The van der Waals surface area contributed by atoms with E-state index in [0.29, 0.717) is 18.3 Å². The van der Waals surface area contributed by atoms with Crippen LogP contribution < -0.4 is 0 Å². The SMILES string of the molecule is O=[N+]([O-])C=Cc1cc(F)c(F)cc1F. The van der Waals surface area contributed by atoms with Crippen molar-refractivity contribution in [3.63, 3.8) is 0 Å². The smallest absolute Gasteiger partial charge is 0.235 e.